The minimum absolute atomic E-state index is 0.0365. The van der Waals surface area contributed by atoms with Gasteiger partial charge in [-0.15, -0.1) is 0 Å². The highest BCUT2D eigenvalue weighted by Gasteiger charge is 2.21. The first-order chi connectivity index (χ1) is 9.86. The number of benzene rings is 1. The monoisotopic (exact) mass is 309 g/mol. The number of nitrogens with two attached hydrogens (primary N) is 1. The van der Waals surface area contributed by atoms with Crippen molar-refractivity contribution in [3.63, 3.8) is 0 Å². The van der Waals surface area contributed by atoms with E-state index in [2.05, 4.69) is 20.1 Å². The van der Waals surface area contributed by atoms with E-state index in [4.69, 9.17) is 10.9 Å². The second kappa shape index (κ2) is 5.44. The van der Waals surface area contributed by atoms with Crippen LogP contribution in [-0.2, 0) is 10.0 Å². The SMILES string of the molecule is Cc1cccc(NS(=O)(=O)c2cn[nH]c2C)c1/C(N)=N/O. The predicted molar refractivity (Wildman–Crippen MR) is 77.8 cm³/mol. The molecular formula is C12H15N5O3S. The van der Waals surface area contributed by atoms with Crippen LogP contribution in [0.15, 0.2) is 34.4 Å². The molecule has 0 atom stereocenters. The molecule has 2 aromatic rings. The zero-order chi connectivity index (χ0) is 15.6. The van der Waals surface area contributed by atoms with Gasteiger partial charge in [0, 0.05) is 5.56 Å². The van der Waals surface area contributed by atoms with Gasteiger partial charge in [0.15, 0.2) is 5.84 Å². The van der Waals surface area contributed by atoms with Gasteiger partial charge in [-0.25, -0.2) is 8.42 Å². The maximum atomic E-state index is 12.3. The molecule has 2 rings (SSSR count). The summed E-state index contributed by atoms with van der Waals surface area (Å²) in [7, 11) is -3.82. The summed E-state index contributed by atoms with van der Waals surface area (Å²) in [5.41, 5.74) is 7.25. The molecule has 0 fully saturated rings. The normalized spacial score (nSPS) is 12.4. The van der Waals surface area contributed by atoms with Crippen molar-refractivity contribution in [1.82, 2.24) is 10.2 Å². The zero-order valence-corrected chi connectivity index (χ0v) is 12.3. The second-order valence-electron chi connectivity index (χ2n) is 4.45. The second-order valence-corrected chi connectivity index (χ2v) is 6.10. The Kier molecular flexibility index (Phi) is 3.85. The van der Waals surface area contributed by atoms with Crippen LogP contribution >= 0.6 is 0 Å². The van der Waals surface area contributed by atoms with Crippen LogP contribution in [0.25, 0.3) is 0 Å². The average Bonchev–Trinajstić information content (AvgIpc) is 2.85. The van der Waals surface area contributed by atoms with Crippen LogP contribution in [0.4, 0.5) is 5.69 Å². The Morgan fingerprint density at radius 2 is 2.14 bits per heavy atom. The molecule has 0 radical (unpaired) electrons. The first-order valence-electron chi connectivity index (χ1n) is 5.97. The molecule has 5 N–H and O–H groups in total. The number of sulfonamides is 1. The molecule has 112 valence electrons. The molecule has 0 saturated carbocycles. The van der Waals surface area contributed by atoms with Crippen molar-refractivity contribution in [2.45, 2.75) is 18.7 Å². The summed E-state index contributed by atoms with van der Waals surface area (Å²) in [6.45, 7) is 3.33. The molecule has 21 heavy (non-hydrogen) atoms. The van der Waals surface area contributed by atoms with Gasteiger partial charge >= 0.3 is 0 Å². The molecule has 0 saturated heterocycles. The Hall–Kier alpha value is -2.55. The molecule has 0 amide bonds. The molecule has 0 aliphatic carbocycles. The van der Waals surface area contributed by atoms with Crippen LogP contribution in [0.3, 0.4) is 0 Å². The molecule has 0 aliphatic heterocycles. The van der Waals surface area contributed by atoms with E-state index < -0.39 is 10.0 Å². The third kappa shape index (κ3) is 2.82. The first kappa shape index (κ1) is 14.9. The maximum absolute atomic E-state index is 12.3. The zero-order valence-electron chi connectivity index (χ0n) is 11.5. The van der Waals surface area contributed by atoms with Crippen molar-refractivity contribution in [2.24, 2.45) is 10.9 Å². The predicted octanol–water partition coefficient (Wildman–Crippen LogP) is 0.922. The van der Waals surface area contributed by atoms with E-state index in [1.807, 2.05) is 0 Å². The highest BCUT2D eigenvalue weighted by molar-refractivity contribution is 7.92. The fourth-order valence-corrected chi connectivity index (χ4v) is 3.16. The van der Waals surface area contributed by atoms with Crippen molar-refractivity contribution in [3.8, 4) is 0 Å². The molecule has 1 aromatic heterocycles. The van der Waals surface area contributed by atoms with Gasteiger partial charge in [-0.2, -0.15) is 5.10 Å². The van der Waals surface area contributed by atoms with Gasteiger partial charge < -0.3 is 10.9 Å². The Morgan fingerprint density at radius 3 is 2.71 bits per heavy atom. The lowest BCUT2D eigenvalue weighted by molar-refractivity contribution is 0.318. The van der Waals surface area contributed by atoms with E-state index in [0.717, 1.165) is 0 Å². The Balaban J connectivity index is 2.50. The van der Waals surface area contributed by atoms with Gasteiger partial charge in [-0.3, -0.25) is 9.82 Å². The summed E-state index contributed by atoms with van der Waals surface area (Å²) < 4.78 is 27.1. The number of H-pyrrole nitrogens is 1. The number of hydrogen-bond donors (Lipinski definition) is 4. The van der Waals surface area contributed by atoms with Crippen molar-refractivity contribution in [1.29, 1.82) is 0 Å². The molecular weight excluding hydrogens is 294 g/mol. The Morgan fingerprint density at radius 1 is 1.43 bits per heavy atom. The third-order valence-corrected chi connectivity index (χ3v) is 4.43. The number of aryl methyl sites for hydroxylation is 2. The summed E-state index contributed by atoms with van der Waals surface area (Å²) in [4.78, 5) is 0.0365. The average molecular weight is 309 g/mol. The minimum atomic E-state index is -3.82. The number of anilines is 1. The Bertz CT molecular complexity index is 795. The van der Waals surface area contributed by atoms with Gasteiger partial charge in [0.2, 0.25) is 0 Å². The molecule has 8 nitrogen and oxygen atoms in total. The molecule has 9 heteroatoms. The lowest BCUT2D eigenvalue weighted by atomic mass is 10.1. The number of amidine groups is 1. The summed E-state index contributed by atoms with van der Waals surface area (Å²) in [5.74, 6) is -0.172. The summed E-state index contributed by atoms with van der Waals surface area (Å²) in [5, 5.41) is 18.0. The third-order valence-electron chi connectivity index (χ3n) is 2.95. The van der Waals surface area contributed by atoms with Crippen LogP contribution in [-0.4, -0.2) is 29.7 Å². The fourth-order valence-electron chi connectivity index (χ4n) is 1.95. The van der Waals surface area contributed by atoms with Gasteiger partial charge in [0.1, 0.15) is 4.90 Å². The van der Waals surface area contributed by atoms with Gasteiger partial charge in [0.05, 0.1) is 17.6 Å². The lowest BCUT2D eigenvalue weighted by Crippen LogP contribution is -2.20. The van der Waals surface area contributed by atoms with Gasteiger partial charge in [-0.1, -0.05) is 17.3 Å². The van der Waals surface area contributed by atoms with Crippen LogP contribution in [0, 0.1) is 13.8 Å². The number of aromatic amines is 1. The van der Waals surface area contributed by atoms with E-state index in [1.54, 1.807) is 26.0 Å². The molecule has 0 bridgehead atoms. The number of hydrogen-bond acceptors (Lipinski definition) is 5. The lowest BCUT2D eigenvalue weighted by Gasteiger charge is -2.13. The number of rotatable bonds is 4. The largest absolute Gasteiger partial charge is 0.409 e. The molecule has 0 unspecified atom stereocenters. The van der Waals surface area contributed by atoms with Crippen LogP contribution in [0.1, 0.15) is 16.8 Å². The number of oxime groups is 1. The van der Waals surface area contributed by atoms with E-state index in [9.17, 15) is 8.42 Å². The van der Waals surface area contributed by atoms with Gasteiger partial charge in [0.25, 0.3) is 10.0 Å². The molecule has 1 heterocycles. The van der Waals surface area contributed by atoms with E-state index >= 15 is 0 Å². The van der Waals surface area contributed by atoms with E-state index in [0.29, 0.717) is 16.8 Å². The first-order valence-corrected chi connectivity index (χ1v) is 7.45. The minimum Gasteiger partial charge on any atom is -0.409 e. The van der Waals surface area contributed by atoms with Gasteiger partial charge in [-0.05, 0) is 25.5 Å². The smallest absolute Gasteiger partial charge is 0.265 e. The van der Waals surface area contributed by atoms with Crippen molar-refractivity contribution < 1.29 is 13.6 Å². The summed E-state index contributed by atoms with van der Waals surface area (Å²) in [6.07, 6.45) is 1.22. The molecule has 0 aliphatic rings. The van der Waals surface area contributed by atoms with Crippen molar-refractivity contribution in [3.05, 3.63) is 41.2 Å². The van der Waals surface area contributed by atoms with E-state index in [-0.39, 0.29) is 16.4 Å². The topological polar surface area (TPSA) is 133 Å². The van der Waals surface area contributed by atoms with Crippen molar-refractivity contribution in [2.75, 3.05) is 4.72 Å². The van der Waals surface area contributed by atoms with E-state index in [1.165, 1.54) is 12.3 Å². The van der Waals surface area contributed by atoms with Crippen LogP contribution in [0.5, 0.6) is 0 Å². The van der Waals surface area contributed by atoms with Crippen molar-refractivity contribution >= 4 is 21.5 Å². The summed E-state index contributed by atoms with van der Waals surface area (Å²) in [6, 6.07) is 4.94. The highest BCUT2D eigenvalue weighted by Crippen LogP contribution is 2.23. The van der Waals surface area contributed by atoms with Crippen LogP contribution < -0.4 is 10.5 Å². The highest BCUT2D eigenvalue weighted by atomic mass is 32.2. The quantitative estimate of drug-likeness (QED) is 0.288. The summed E-state index contributed by atoms with van der Waals surface area (Å²) >= 11 is 0. The molecule has 1 aromatic carbocycles. The molecule has 0 spiro atoms. The number of nitrogens with one attached hydrogen (secondary N) is 2. The van der Waals surface area contributed by atoms with Crippen LogP contribution in [0.2, 0.25) is 0 Å². The standard InChI is InChI=1S/C12H15N5O3S/c1-7-4-3-5-9(11(7)12(13)16-18)17-21(19,20)10-6-14-15-8(10)2/h3-6,17-18H,1-2H3,(H2,13,16)(H,14,15). The Labute approximate surface area is 121 Å². The number of nitrogens with zero attached hydrogens (tertiary/aromatic N) is 2. The maximum Gasteiger partial charge on any atom is 0.265 e. The fraction of sp³-hybridized carbons (Fsp3) is 0.167. The number of aromatic nitrogens is 2.